The zero-order valence-corrected chi connectivity index (χ0v) is 11.5. The molecule has 3 heteroatoms. The Bertz CT molecular complexity index is 371. The fourth-order valence-electron chi connectivity index (χ4n) is 1.70. The molecule has 96 valence electrons. The molecule has 0 saturated heterocycles. The predicted octanol–water partition coefficient (Wildman–Crippen LogP) is 4.18. The maximum absolute atomic E-state index is 13.5. The van der Waals surface area contributed by atoms with Crippen LogP contribution < -0.4 is 5.73 Å². The molecular weight excluding hydrogens is 237 g/mol. The molecule has 0 saturated carbocycles. The highest BCUT2D eigenvalue weighted by atomic mass is 35.5. The molecule has 0 radical (unpaired) electrons. The van der Waals surface area contributed by atoms with Gasteiger partial charge in [-0.1, -0.05) is 32.4 Å². The summed E-state index contributed by atoms with van der Waals surface area (Å²) in [7, 11) is 0. The SMILES string of the molecule is CC(C)(C)CCC(N)Cc1cc(Cl)ccc1F. The van der Waals surface area contributed by atoms with Gasteiger partial charge in [0.25, 0.3) is 0 Å². The molecule has 1 aromatic carbocycles. The van der Waals surface area contributed by atoms with Crippen LogP contribution >= 0.6 is 11.6 Å². The van der Waals surface area contributed by atoms with Gasteiger partial charge in [-0.25, -0.2) is 4.39 Å². The average Bonchev–Trinajstić information content (AvgIpc) is 2.20. The second-order valence-electron chi connectivity index (χ2n) is 5.80. The summed E-state index contributed by atoms with van der Waals surface area (Å²) in [6.07, 6.45) is 2.48. The summed E-state index contributed by atoms with van der Waals surface area (Å²) in [5, 5.41) is 0.560. The average molecular weight is 258 g/mol. The molecule has 0 aliphatic heterocycles. The Hall–Kier alpha value is -0.600. The second kappa shape index (κ2) is 5.83. The Kier molecular flexibility index (Phi) is 4.96. The Balaban J connectivity index is 2.56. The van der Waals surface area contributed by atoms with Crippen molar-refractivity contribution in [2.45, 2.75) is 46.1 Å². The molecule has 0 bridgehead atoms. The Morgan fingerprint density at radius 2 is 2.00 bits per heavy atom. The number of hydrogen-bond donors (Lipinski definition) is 1. The minimum absolute atomic E-state index is 0.0119. The van der Waals surface area contributed by atoms with Gasteiger partial charge in [-0.3, -0.25) is 0 Å². The zero-order valence-electron chi connectivity index (χ0n) is 10.8. The summed E-state index contributed by atoms with van der Waals surface area (Å²) in [5.41, 5.74) is 6.90. The molecule has 0 heterocycles. The normalized spacial score (nSPS) is 13.8. The van der Waals surface area contributed by atoms with E-state index in [4.69, 9.17) is 17.3 Å². The van der Waals surface area contributed by atoms with Crippen molar-refractivity contribution in [2.75, 3.05) is 0 Å². The van der Waals surface area contributed by atoms with E-state index in [1.807, 2.05) is 0 Å². The van der Waals surface area contributed by atoms with Gasteiger partial charge in [-0.2, -0.15) is 0 Å². The van der Waals surface area contributed by atoms with Crippen molar-refractivity contribution in [3.63, 3.8) is 0 Å². The third-order valence-electron chi connectivity index (χ3n) is 2.75. The molecule has 0 aliphatic rings. The lowest BCUT2D eigenvalue weighted by molar-refractivity contribution is 0.346. The van der Waals surface area contributed by atoms with Gasteiger partial charge in [-0.05, 0) is 48.4 Å². The van der Waals surface area contributed by atoms with Crippen molar-refractivity contribution in [3.05, 3.63) is 34.6 Å². The monoisotopic (exact) mass is 257 g/mol. The van der Waals surface area contributed by atoms with Gasteiger partial charge in [0.2, 0.25) is 0 Å². The van der Waals surface area contributed by atoms with Crippen LogP contribution in [0.5, 0.6) is 0 Å². The summed E-state index contributed by atoms with van der Waals surface area (Å²) in [6.45, 7) is 6.54. The van der Waals surface area contributed by atoms with Crippen molar-refractivity contribution in [1.29, 1.82) is 0 Å². The van der Waals surface area contributed by atoms with Crippen LogP contribution in [0, 0.1) is 11.2 Å². The predicted molar refractivity (Wildman–Crippen MR) is 71.8 cm³/mol. The van der Waals surface area contributed by atoms with E-state index in [1.54, 1.807) is 12.1 Å². The number of nitrogens with two attached hydrogens (primary N) is 1. The van der Waals surface area contributed by atoms with E-state index in [2.05, 4.69) is 20.8 Å². The van der Waals surface area contributed by atoms with Crippen LogP contribution in [0.4, 0.5) is 4.39 Å². The maximum atomic E-state index is 13.5. The maximum Gasteiger partial charge on any atom is 0.126 e. The van der Waals surface area contributed by atoms with Gasteiger partial charge >= 0.3 is 0 Å². The number of benzene rings is 1. The third-order valence-corrected chi connectivity index (χ3v) is 2.99. The lowest BCUT2D eigenvalue weighted by atomic mass is 9.87. The van der Waals surface area contributed by atoms with Crippen LogP contribution in [0.3, 0.4) is 0 Å². The summed E-state index contributed by atoms with van der Waals surface area (Å²) < 4.78 is 13.5. The van der Waals surface area contributed by atoms with E-state index in [0.717, 1.165) is 12.8 Å². The third kappa shape index (κ3) is 5.51. The van der Waals surface area contributed by atoms with E-state index in [1.165, 1.54) is 6.07 Å². The topological polar surface area (TPSA) is 26.0 Å². The fraction of sp³-hybridized carbons (Fsp3) is 0.571. The largest absolute Gasteiger partial charge is 0.327 e. The fourth-order valence-corrected chi connectivity index (χ4v) is 1.90. The van der Waals surface area contributed by atoms with E-state index in [0.29, 0.717) is 17.0 Å². The van der Waals surface area contributed by atoms with Gasteiger partial charge < -0.3 is 5.73 Å². The molecule has 0 spiro atoms. The molecule has 0 aromatic heterocycles. The number of rotatable bonds is 4. The van der Waals surface area contributed by atoms with Gasteiger partial charge in [0, 0.05) is 11.1 Å². The van der Waals surface area contributed by atoms with Crippen LogP contribution in [0.15, 0.2) is 18.2 Å². The first-order chi connectivity index (χ1) is 7.78. The Morgan fingerprint density at radius 3 is 2.59 bits per heavy atom. The van der Waals surface area contributed by atoms with Gasteiger partial charge in [-0.15, -0.1) is 0 Å². The molecule has 0 aliphatic carbocycles. The second-order valence-corrected chi connectivity index (χ2v) is 6.24. The molecule has 17 heavy (non-hydrogen) atoms. The first kappa shape index (κ1) is 14.5. The van der Waals surface area contributed by atoms with Crippen LogP contribution in [-0.2, 0) is 6.42 Å². The van der Waals surface area contributed by atoms with Gasteiger partial charge in [0.15, 0.2) is 0 Å². The summed E-state index contributed by atoms with van der Waals surface area (Å²) >= 11 is 5.84. The summed E-state index contributed by atoms with van der Waals surface area (Å²) in [5.74, 6) is -0.222. The quantitative estimate of drug-likeness (QED) is 0.861. The molecule has 1 aromatic rings. The minimum Gasteiger partial charge on any atom is -0.327 e. The highest BCUT2D eigenvalue weighted by Crippen LogP contribution is 2.23. The smallest absolute Gasteiger partial charge is 0.126 e. The molecule has 0 fully saturated rings. The molecule has 2 N–H and O–H groups in total. The lowest BCUT2D eigenvalue weighted by Gasteiger charge is -2.21. The van der Waals surface area contributed by atoms with Crippen molar-refractivity contribution >= 4 is 11.6 Å². The van der Waals surface area contributed by atoms with Crippen molar-refractivity contribution in [3.8, 4) is 0 Å². The molecular formula is C14H21ClFN. The van der Waals surface area contributed by atoms with Crippen LogP contribution in [0.2, 0.25) is 5.02 Å². The molecule has 1 nitrogen and oxygen atoms in total. The highest BCUT2D eigenvalue weighted by Gasteiger charge is 2.14. The van der Waals surface area contributed by atoms with E-state index < -0.39 is 0 Å². The van der Waals surface area contributed by atoms with Crippen LogP contribution in [0.1, 0.15) is 39.2 Å². The Morgan fingerprint density at radius 1 is 1.35 bits per heavy atom. The standard InChI is InChI=1S/C14H21ClFN/c1-14(2,3)7-6-12(17)9-10-8-11(15)4-5-13(10)16/h4-5,8,12H,6-7,9,17H2,1-3H3. The van der Waals surface area contributed by atoms with E-state index in [9.17, 15) is 4.39 Å². The molecule has 1 rings (SSSR count). The van der Waals surface area contributed by atoms with Gasteiger partial charge in [0.05, 0.1) is 0 Å². The summed E-state index contributed by atoms with van der Waals surface area (Å²) in [4.78, 5) is 0. The minimum atomic E-state index is -0.222. The van der Waals surface area contributed by atoms with E-state index >= 15 is 0 Å². The number of hydrogen-bond acceptors (Lipinski definition) is 1. The molecule has 1 unspecified atom stereocenters. The lowest BCUT2D eigenvalue weighted by Crippen LogP contribution is -2.25. The van der Waals surface area contributed by atoms with Crippen LogP contribution in [0.25, 0.3) is 0 Å². The first-order valence-electron chi connectivity index (χ1n) is 5.97. The van der Waals surface area contributed by atoms with Gasteiger partial charge in [0.1, 0.15) is 5.82 Å². The van der Waals surface area contributed by atoms with E-state index in [-0.39, 0.29) is 17.3 Å². The first-order valence-corrected chi connectivity index (χ1v) is 6.35. The molecule has 0 amide bonds. The summed E-state index contributed by atoms with van der Waals surface area (Å²) in [6, 6.07) is 4.60. The van der Waals surface area contributed by atoms with Crippen LogP contribution in [-0.4, -0.2) is 6.04 Å². The zero-order chi connectivity index (χ0) is 13.1. The van der Waals surface area contributed by atoms with Crippen molar-refractivity contribution in [1.82, 2.24) is 0 Å². The number of halogens is 2. The Labute approximate surface area is 108 Å². The molecule has 1 atom stereocenters. The van der Waals surface area contributed by atoms with Crippen molar-refractivity contribution in [2.24, 2.45) is 11.1 Å². The van der Waals surface area contributed by atoms with Crippen molar-refractivity contribution < 1.29 is 4.39 Å². The highest BCUT2D eigenvalue weighted by molar-refractivity contribution is 6.30.